The molecule has 0 bridgehead atoms. The SMILES string of the molecule is CCOc1cccc(NS(=O)(=O)c2ccc(C(=O)O)cc2[N+](=O)[O-])c1. The molecule has 0 aliphatic rings. The molecule has 2 N–H and O–H groups in total. The van der Waals surface area contributed by atoms with Crippen LogP contribution in [-0.4, -0.2) is 31.0 Å². The van der Waals surface area contributed by atoms with Gasteiger partial charge in [-0.15, -0.1) is 0 Å². The number of nitrogens with one attached hydrogen (secondary N) is 1. The summed E-state index contributed by atoms with van der Waals surface area (Å²) in [5.74, 6) is -0.970. The van der Waals surface area contributed by atoms with Crippen LogP contribution in [0.4, 0.5) is 11.4 Å². The summed E-state index contributed by atoms with van der Waals surface area (Å²) in [6.45, 7) is 2.16. The van der Waals surface area contributed by atoms with Crippen LogP contribution in [0.1, 0.15) is 17.3 Å². The Morgan fingerprint density at radius 2 is 2.00 bits per heavy atom. The van der Waals surface area contributed by atoms with Crippen molar-refractivity contribution in [2.24, 2.45) is 0 Å². The Labute approximate surface area is 143 Å². The van der Waals surface area contributed by atoms with Gasteiger partial charge in [-0.1, -0.05) is 6.07 Å². The molecule has 0 fully saturated rings. The molecule has 0 saturated carbocycles. The zero-order valence-electron chi connectivity index (χ0n) is 13.0. The number of carboxylic acids is 1. The Morgan fingerprint density at radius 3 is 2.60 bits per heavy atom. The van der Waals surface area contributed by atoms with Gasteiger partial charge in [0.2, 0.25) is 0 Å². The number of nitro groups is 1. The van der Waals surface area contributed by atoms with Crippen molar-refractivity contribution in [3.8, 4) is 5.75 Å². The molecule has 2 aromatic carbocycles. The van der Waals surface area contributed by atoms with E-state index >= 15 is 0 Å². The van der Waals surface area contributed by atoms with E-state index in [1.54, 1.807) is 19.1 Å². The number of hydrogen-bond donors (Lipinski definition) is 2. The van der Waals surface area contributed by atoms with Gasteiger partial charge in [0.05, 0.1) is 22.8 Å². The van der Waals surface area contributed by atoms with E-state index in [4.69, 9.17) is 9.84 Å². The van der Waals surface area contributed by atoms with Crippen molar-refractivity contribution in [2.75, 3.05) is 11.3 Å². The van der Waals surface area contributed by atoms with Gasteiger partial charge in [0.25, 0.3) is 15.7 Å². The average Bonchev–Trinajstić information content (AvgIpc) is 2.54. The number of carbonyl (C=O) groups is 1. The van der Waals surface area contributed by atoms with Crippen molar-refractivity contribution in [1.82, 2.24) is 0 Å². The van der Waals surface area contributed by atoms with Crippen molar-refractivity contribution in [1.29, 1.82) is 0 Å². The van der Waals surface area contributed by atoms with E-state index in [9.17, 15) is 23.3 Å². The first-order valence-electron chi connectivity index (χ1n) is 7.02. The van der Waals surface area contributed by atoms with Crippen LogP contribution in [0.15, 0.2) is 47.4 Å². The number of nitrogens with zero attached hydrogens (tertiary/aromatic N) is 1. The summed E-state index contributed by atoms with van der Waals surface area (Å²) in [6.07, 6.45) is 0. The van der Waals surface area contributed by atoms with Crippen molar-refractivity contribution >= 4 is 27.4 Å². The Kier molecular flexibility index (Phi) is 5.22. The highest BCUT2D eigenvalue weighted by Crippen LogP contribution is 2.28. The van der Waals surface area contributed by atoms with Crippen molar-refractivity contribution < 1.29 is 28.0 Å². The Morgan fingerprint density at radius 1 is 1.28 bits per heavy atom. The highest BCUT2D eigenvalue weighted by molar-refractivity contribution is 7.92. The highest BCUT2D eigenvalue weighted by Gasteiger charge is 2.27. The third kappa shape index (κ3) is 4.23. The minimum Gasteiger partial charge on any atom is -0.494 e. The lowest BCUT2D eigenvalue weighted by Crippen LogP contribution is -2.15. The largest absolute Gasteiger partial charge is 0.494 e. The molecule has 2 rings (SSSR count). The predicted octanol–water partition coefficient (Wildman–Crippen LogP) is 2.49. The Hall–Kier alpha value is -3.14. The molecular weight excluding hydrogens is 352 g/mol. The maximum Gasteiger partial charge on any atom is 0.335 e. The molecular formula is C15H14N2O7S. The molecule has 0 unspecified atom stereocenters. The minimum absolute atomic E-state index is 0.155. The first-order valence-corrected chi connectivity index (χ1v) is 8.50. The van der Waals surface area contributed by atoms with Crippen LogP contribution >= 0.6 is 0 Å². The van der Waals surface area contributed by atoms with E-state index in [0.717, 1.165) is 12.1 Å². The topological polar surface area (TPSA) is 136 Å². The summed E-state index contributed by atoms with van der Waals surface area (Å²) in [7, 11) is -4.30. The second-order valence-electron chi connectivity index (χ2n) is 4.81. The van der Waals surface area contributed by atoms with E-state index in [0.29, 0.717) is 18.4 Å². The van der Waals surface area contributed by atoms with Gasteiger partial charge < -0.3 is 9.84 Å². The highest BCUT2D eigenvalue weighted by atomic mass is 32.2. The lowest BCUT2D eigenvalue weighted by molar-refractivity contribution is -0.387. The van der Waals surface area contributed by atoms with E-state index in [1.165, 1.54) is 12.1 Å². The van der Waals surface area contributed by atoms with E-state index in [-0.39, 0.29) is 11.3 Å². The third-order valence-corrected chi connectivity index (χ3v) is 4.52. The lowest BCUT2D eigenvalue weighted by Gasteiger charge is -2.10. The first-order chi connectivity index (χ1) is 11.7. The number of ether oxygens (including phenoxy) is 1. The smallest absolute Gasteiger partial charge is 0.335 e. The molecule has 0 aliphatic carbocycles. The maximum atomic E-state index is 12.5. The molecule has 0 heterocycles. The second-order valence-corrected chi connectivity index (χ2v) is 6.46. The summed E-state index contributed by atoms with van der Waals surface area (Å²) in [5.41, 5.74) is -1.06. The van der Waals surface area contributed by atoms with Gasteiger partial charge in [-0.3, -0.25) is 14.8 Å². The van der Waals surface area contributed by atoms with Gasteiger partial charge in [-0.05, 0) is 31.2 Å². The summed E-state index contributed by atoms with van der Waals surface area (Å²) < 4.78 is 32.4. The zero-order valence-corrected chi connectivity index (χ0v) is 13.8. The molecule has 25 heavy (non-hydrogen) atoms. The molecule has 0 spiro atoms. The fourth-order valence-corrected chi connectivity index (χ4v) is 3.25. The number of aromatic carboxylic acids is 1. The molecule has 0 aromatic heterocycles. The number of nitro benzene ring substituents is 1. The molecule has 0 aliphatic heterocycles. The Bertz CT molecular complexity index is 925. The molecule has 9 nitrogen and oxygen atoms in total. The molecule has 132 valence electrons. The van der Waals surface area contributed by atoms with Crippen molar-refractivity contribution in [2.45, 2.75) is 11.8 Å². The quantitative estimate of drug-likeness (QED) is 0.567. The number of benzene rings is 2. The number of sulfonamides is 1. The minimum atomic E-state index is -4.30. The molecule has 2 aromatic rings. The van der Waals surface area contributed by atoms with Crippen LogP contribution in [-0.2, 0) is 10.0 Å². The van der Waals surface area contributed by atoms with Gasteiger partial charge in [0.15, 0.2) is 4.90 Å². The molecule has 0 amide bonds. The molecule has 0 saturated heterocycles. The number of carboxylic acid groups (broad SMARTS) is 1. The van der Waals surface area contributed by atoms with Gasteiger partial charge in [-0.2, -0.15) is 0 Å². The van der Waals surface area contributed by atoms with Gasteiger partial charge >= 0.3 is 5.97 Å². The molecule has 0 radical (unpaired) electrons. The number of rotatable bonds is 7. The number of hydrogen-bond acceptors (Lipinski definition) is 6. The first kappa shape index (κ1) is 18.2. The monoisotopic (exact) mass is 366 g/mol. The van der Waals surface area contributed by atoms with Crippen LogP contribution in [0.3, 0.4) is 0 Å². The van der Waals surface area contributed by atoms with Crippen molar-refractivity contribution in [3.63, 3.8) is 0 Å². The van der Waals surface area contributed by atoms with Crippen molar-refractivity contribution in [3.05, 3.63) is 58.1 Å². The maximum absolute atomic E-state index is 12.5. The predicted molar refractivity (Wildman–Crippen MR) is 88.5 cm³/mol. The van der Waals surface area contributed by atoms with Gasteiger partial charge in [0, 0.05) is 12.1 Å². The van der Waals surface area contributed by atoms with Gasteiger partial charge in [-0.25, -0.2) is 13.2 Å². The van der Waals surface area contributed by atoms with Crippen LogP contribution in [0.2, 0.25) is 0 Å². The fraction of sp³-hybridized carbons (Fsp3) is 0.133. The van der Waals surface area contributed by atoms with E-state index in [2.05, 4.69) is 4.72 Å². The number of anilines is 1. The van der Waals surface area contributed by atoms with Gasteiger partial charge in [0.1, 0.15) is 5.75 Å². The van der Waals surface area contributed by atoms with Crippen LogP contribution < -0.4 is 9.46 Å². The van der Waals surface area contributed by atoms with E-state index < -0.39 is 31.5 Å². The van der Waals surface area contributed by atoms with Crippen LogP contribution in [0.25, 0.3) is 0 Å². The summed E-state index contributed by atoms with van der Waals surface area (Å²) in [5, 5.41) is 20.0. The normalized spacial score (nSPS) is 10.9. The lowest BCUT2D eigenvalue weighted by atomic mass is 10.2. The fourth-order valence-electron chi connectivity index (χ4n) is 2.05. The molecule has 10 heteroatoms. The summed E-state index contributed by atoms with van der Waals surface area (Å²) >= 11 is 0. The van der Waals surface area contributed by atoms with Crippen LogP contribution in [0.5, 0.6) is 5.75 Å². The molecule has 0 atom stereocenters. The third-order valence-electron chi connectivity index (χ3n) is 3.09. The van der Waals surface area contributed by atoms with Crippen LogP contribution in [0, 0.1) is 10.1 Å². The average molecular weight is 366 g/mol. The Balaban J connectivity index is 2.44. The standard InChI is InChI=1S/C15H14N2O7S/c1-2-24-12-5-3-4-11(9-12)16-25(22,23)14-7-6-10(15(18)19)8-13(14)17(20)21/h3-9,16H,2H2,1H3,(H,18,19). The second kappa shape index (κ2) is 7.18. The summed E-state index contributed by atoms with van der Waals surface area (Å²) in [4.78, 5) is 20.5. The van der Waals surface area contributed by atoms with E-state index in [1.807, 2.05) is 0 Å². The summed E-state index contributed by atoms with van der Waals surface area (Å²) in [6, 6.07) is 8.65. The zero-order chi connectivity index (χ0) is 18.6.